The summed E-state index contributed by atoms with van der Waals surface area (Å²) in [4.78, 5) is 23.0. The number of unbranched alkanes of at least 4 members (excludes halogenated alkanes) is 2. The SMILES string of the molecule is COC(=O)CCCCCOc1n[nH]c(=O)c(Cl)c1NCc1ccc(OC)c(OC)c1. The van der Waals surface area contributed by atoms with E-state index in [0.717, 1.165) is 12.0 Å². The summed E-state index contributed by atoms with van der Waals surface area (Å²) in [6, 6.07) is 5.48. The van der Waals surface area contributed by atoms with Gasteiger partial charge in [0.05, 0.1) is 27.9 Å². The number of aromatic amines is 1. The molecule has 0 saturated heterocycles. The Bertz CT molecular complexity index is 903. The molecule has 0 aliphatic rings. The number of nitrogens with one attached hydrogen (secondary N) is 2. The zero-order valence-corrected chi connectivity index (χ0v) is 18.0. The van der Waals surface area contributed by atoms with Crippen LogP contribution in [-0.2, 0) is 16.1 Å². The van der Waals surface area contributed by atoms with Crippen molar-refractivity contribution in [3.05, 3.63) is 39.1 Å². The van der Waals surface area contributed by atoms with Gasteiger partial charge in [-0.3, -0.25) is 9.59 Å². The minimum atomic E-state index is -0.517. The van der Waals surface area contributed by atoms with Gasteiger partial charge in [-0.15, -0.1) is 5.10 Å². The molecule has 0 aliphatic heterocycles. The topological polar surface area (TPSA) is 112 Å². The number of ether oxygens (including phenoxy) is 4. The first kappa shape index (κ1) is 23.3. The second-order valence-corrected chi connectivity index (χ2v) is 6.70. The Morgan fingerprint density at radius 2 is 1.90 bits per heavy atom. The molecule has 2 aromatic rings. The van der Waals surface area contributed by atoms with Crippen LogP contribution in [-0.4, -0.2) is 44.1 Å². The first-order valence-corrected chi connectivity index (χ1v) is 9.80. The summed E-state index contributed by atoms with van der Waals surface area (Å²) in [7, 11) is 4.49. The van der Waals surface area contributed by atoms with E-state index in [4.69, 9.17) is 25.8 Å². The maximum absolute atomic E-state index is 11.9. The van der Waals surface area contributed by atoms with E-state index in [2.05, 4.69) is 20.3 Å². The molecule has 0 radical (unpaired) electrons. The van der Waals surface area contributed by atoms with Crippen molar-refractivity contribution in [3.8, 4) is 17.4 Å². The molecule has 1 aromatic heterocycles. The highest BCUT2D eigenvalue weighted by atomic mass is 35.5. The summed E-state index contributed by atoms with van der Waals surface area (Å²) in [6.07, 6.45) is 2.59. The number of H-pyrrole nitrogens is 1. The molecule has 0 fully saturated rings. The lowest BCUT2D eigenvalue weighted by Crippen LogP contribution is -2.15. The van der Waals surface area contributed by atoms with Gasteiger partial charge in [-0.1, -0.05) is 17.7 Å². The first-order valence-electron chi connectivity index (χ1n) is 9.42. The van der Waals surface area contributed by atoms with Crippen LogP contribution in [0.5, 0.6) is 17.4 Å². The smallest absolute Gasteiger partial charge is 0.305 e. The highest BCUT2D eigenvalue weighted by Gasteiger charge is 2.14. The normalized spacial score (nSPS) is 10.4. The molecule has 10 heteroatoms. The number of nitrogens with zero attached hydrogens (tertiary/aromatic N) is 1. The van der Waals surface area contributed by atoms with Crippen LogP contribution < -0.4 is 25.1 Å². The molecule has 0 atom stereocenters. The fraction of sp³-hybridized carbons (Fsp3) is 0.450. The number of rotatable bonds is 12. The van der Waals surface area contributed by atoms with Gasteiger partial charge in [-0.05, 0) is 37.0 Å². The summed E-state index contributed by atoms with van der Waals surface area (Å²) in [5, 5.41) is 9.33. The number of hydrogen-bond donors (Lipinski definition) is 2. The average Bonchev–Trinajstić information content (AvgIpc) is 2.77. The molecule has 0 amide bonds. The Kier molecular flexibility index (Phi) is 9.27. The van der Waals surface area contributed by atoms with Crippen molar-refractivity contribution in [2.24, 2.45) is 0 Å². The molecule has 0 unspecified atom stereocenters. The average molecular weight is 440 g/mol. The number of aromatic nitrogens is 2. The van der Waals surface area contributed by atoms with E-state index in [-0.39, 0.29) is 16.9 Å². The minimum Gasteiger partial charge on any atom is -0.493 e. The van der Waals surface area contributed by atoms with Crippen LogP contribution in [0.1, 0.15) is 31.2 Å². The van der Waals surface area contributed by atoms with E-state index in [1.54, 1.807) is 20.3 Å². The van der Waals surface area contributed by atoms with Crippen molar-refractivity contribution < 1.29 is 23.7 Å². The lowest BCUT2D eigenvalue weighted by Gasteiger charge is -2.14. The van der Waals surface area contributed by atoms with Gasteiger partial charge in [0, 0.05) is 13.0 Å². The molecule has 0 bridgehead atoms. The van der Waals surface area contributed by atoms with Crippen molar-refractivity contribution in [1.29, 1.82) is 0 Å². The predicted molar refractivity (Wildman–Crippen MR) is 113 cm³/mol. The standard InChI is InChI=1S/C20H26ClN3O6/c1-27-14-9-8-13(11-15(14)28-2)12-22-18-17(21)19(26)23-24-20(18)30-10-6-4-5-7-16(25)29-3/h8-9,11H,4-7,10,12H2,1-3H3,(H2,22,23,26). The van der Waals surface area contributed by atoms with Crippen LogP contribution in [0.25, 0.3) is 0 Å². The van der Waals surface area contributed by atoms with E-state index in [1.165, 1.54) is 7.11 Å². The maximum Gasteiger partial charge on any atom is 0.305 e. The Labute approximate surface area is 179 Å². The predicted octanol–water partition coefficient (Wildman–Crippen LogP) is 3.16. The molecular weight excluding hydrogens is 414 g/mol. The van der Waals surface area contributed by atoms with Crippen LogP contribution in [0.15, 0.2) is 23.0 Å². The summed E-state index contributed by atoms with van der Waals surface area (Å²) in [5.41, 5.74) is 0.680. The number of carbonyl (C=O) groups is 1. The molecule has 9 nitrogen and oxygen atoms in total. The van der Waals surface area contributed by atoms with Crippen molar-refractivity contribution in [2.75, 3.05) is 33.3 Å². The summed E-state index contributed by atoms with van der Waals surface area (Å²) in [6.45, 7) is 0.724. The van der Waals surface area contributed by atoms with Crippen molar-refractivity contribution in [1.82, 2.24) is 10.2 Å². The van der Waals surface area contributed by atoms with Gasteiger partial charge in [-0.25, -0.2) is 5.10 Å². The number of benzene rings is 1. The van der Waals surface area contributed by atoms with Gasteiger partial charge in [0.1, 0.15) is 10.7 Å². The second kappa shape index (κ2) is 11.9. The number of anilines is 1. The molecule has 1 heterocycles. The lowest BCUT2D eigenvalue weighted by molar-refractivity contribution is -0.140. The molecule has 30 heavy (non-hydrogen) atoms. The molecule has 1 aromatic carbocycles. The van der Waals surface area contributed by atoms with Crippen LogP contribution in [0.3, 0.4) is 0 Å². The minimum absolute atomic E-state index is 0.0360. The largest absolute Gasteiger partial charge is 0.493 e. The Balaban J connectivity index is 1.99. The van der Waals surface area contributed by atoms with Gasteiger partial charge in [0.15, 0.2) is 11.5 Å². The summed E-state index contributed by atoms with van der Waals surface area (Å²) in [5.74, 6) is 1.18. The quantitative estimate of drug-likeness (QED) is 0.383. The fourth-order valence-electron chi connectivity index (χ4n) is 2.67. The van der Waals surface area contributed by atoms with Gasteiger partial charge in [0.25, 0.3) is 11.4 Å². The van der Waals surface area contributed by atoms with Crippen LogP contribution in [0.2, 0.25) is 5.02 Å². The van der Waals surface area contributed by atoms with E-state index in [1.807, 2.05) is 12.1 Å². The molecule has 0 saturated carbocycles. The summed E-state index contributed by atoms with van der Waals surface area (Å²) >= 11 is 6.16. The molecule has 2 rings (SSSR count). The Morgan fingerprint density at radius 3 is 2.60 bits per heavy atom. The zero-order valence-electron chi connectivity index (χ0n) is 17.2. The third-order valence-corrected chi connectivity index (χ3v) is 4.66. The highest BCUT2D eigenvalue weighted by molar-refractivity contribution is 6.33. The molecule has 2 N–H and O–H groups in total. The van der Waals surface area contributed by atoms with E-state index >= 15 is 0 Å². The number of halogens is 1. The first-order chi connectivity index (χ1) is 14.5. The van der Waals surface area contributed by atoms with Gasteiger partial charge in [-0.2, -0.15) is 0 Å². The van der Waals surface area contributed by atoms with Crippen LogP contribution in [0.4, 0.5) is 5.69 Å². The third kappa shape index (κ3) is 6.55. The number of carbonyl (C=O) groups excluding carboxylic acids is 1. The Hall–Kier alpha value is -2.94. The maximum atomic E-state index is 11.9. The molecule has 164 valence electrons. The number of esters is 1. The fourth-order valence-corrected chi connectivity index (χ4v) is 2.86. The zero-order chi connectivity index (χ0) is 21.9. The molecule has 0 aliphatic carbocycles. The van der Waals surface area contributed by atoms with E-state index in [0.29, 0.717) is 49.6 Å². The van der Waals surface area contributed by atoms with Crippen molar-refractivity contribution >= 4 is 23.3 Å². The lowest BCUT2D eigenvalue weighted by atomic mass is 10.2. The monoisotopic (exact) mass is 439 g/mol. The third-order valence-electron chi connectivity index (χ3n) is 4.30. The summed E-state index contributed by atoms with van der Waals surface area (Å²) < 4.78 is 20.8. The van der Waals surface area contributed by atoms with Gasteiger partial charge < -0.3 is 24.3 Å². The van der Waals surface area contributed by atoms with Crippen molar-refractivity contribution in [2.45, 2.75) is 32.2 Å². The van der Waals surface area contributed by atoms with Crippen LogP contribution >= 0.6 is 11.6 Å². The van der Waals surface area contributed by atoms with Crippen molar-refractivity contribution in [3.63, 3.8) is 0 Å². The van der Waals surface area contributed by atoms with Gasteiger partial charge in [0.2, 0.25) is 0 Å². The van der Waals surface area contributed by atoms with E-state index in [9.17, 15) is 9.59 Å². The molecular formula is C20H26ClN3O6. The van der Waals surface area contributed by atoms with Gasteiger partial charge >= 0.3 is 5.97 Å². The number of hydrogen-bond acceptors (Lipinski definition) is 8. The molecule has 0 spiro atoms. The second-order valence-electron chi connectivity index (χ2n) is 6.33. The Morgan fingerprint density at radius 1 is 1.13 bits per heavy atom. The van der Waals surface area contributed by atoms with E-state index < -0.39 is 5.56 Å². The van der Waals surface area contributed by atoms with Crippen LogP contribution in [0, 0.1) is 0 Å². The highest BCUT2D eigenvalue weighted by Crippen LogP contribution is 2.30. The number of methoxy groups -OCH3 is 3.